The van der Waals surface area contributed by atoms with Crippen LogP contribution in [0.5, 0.6) is 0 Å². The Hall–Kier alpha value is -1.33. The van der Waals surface area contributed by atoms with Crippen LogP contribution in [0.2, 0.25) is 0 Å². The topological polar surface area (TPSA) is 40.9 Å². The lowest BCUT2D eigenvalue weighted by molar-refractivity contribution is 0.0991. The van der Waals surface area contributed by atoms with Crippen LogP contribution >= 0.6 is 11.6 Å². The molecule has 1 atom stereocenters. The number of benzene rings is 1. The molecule has 1 aromatic carbocycles. The second-order valence-corrected chi connectivity index (χ2v) is 3.74. The van der Waals surface area contributed by atoms with Crippen LogP contribution in [0.15, 0.2) is 18.2 Å². The van der Waals surface area contributed by atoms with E-state index in [4.69, 9.17) is 16.9 Å². The molecular weight excluding hydrogens is 198 g/mol. The molecule has 0 aliphatic rings. The number of rotatable bonds is 2. The zero-order valence-electron chi connectivity index (χ0n) is 8.04. The molecule has 1 unspecified atom stereocenters. The van der Waals surface area contributed by atoms with Crippen molar-refractivity contribution in [3.8, 4) is 6.07 Å². The summed E-state index contributed by atoms with van der Waals surface area (Å²) in [7, 11) is 0. The van der Waals surface area contributed by atoms with E-state index in [9.17, 15) is 4.79 Å². The summed E-state index contributed by atoms with van der Waals surface area (Å²) in [5.41, 5.74) is 1.63. The van der Waals surface area contributed by atoms with E-state index < -0.39 is 5.38 Å². The predicted octanol–water partition coefficient (Wildman–Crippen LogP) is 2.68. The number of halogens is 1. The average molecular weight is 208 g/mol. The lowest BCUT2D eigenvalue weighted by Crippen LogP contribution is -2.12. The minimum atomic E-state index is -0.594. The van der Waals surface area contributed by atoms with Crippen LogP contribution < -0.4 is 0 Å². The van der Waals surface area contributed by atoms with Gasteiger partial charge in [0, 0.05) is 5.56 Å². The highest BCUT2D eigenvalue weighted by molar-refractivity contribution is 6.33. The first-order chi connectivity index (χ1) is 6.57. The summed E-state index contributed by atoms with van der Waals surface area (Å²) in [4.78, 5) is 11.6. The van der Waals surface area contributed by atoms with Crippen molar-refractivity contribution in [3.63, 3.8) is 0 Å². The first-order valence-electron chi connectivity index (χ1n) is 4.26. The highest BCUT2D eigenvalue weighted by Crippen LogP contribution is 2.16. The number of hydrogen-bond acceptors (Lipinski definition) is 2. The van der Waals surface area contributed by atoms with E-state index in [0.717, 1.165) is 5.56 Å². The van der Waals surface area contributed by atoms with Crippen LogP contribution in [-0.4, -0.2) is 11.2 Å². The van der Waals surface area contributed by atoms with Gasteiger partial charge < -0.3 is 0 Å². The van der Waals surface area contributed by atoms with E-state index >= 15 is 0 Å². The minimum Gasteiger partial charge on any atom is -0.292 e. The fraction of sp³-hybridized carbons (Fsp3) is 0.273. The molecule has 2 nitrogen and oxygen atoms in total. The molecule has 0 aromatic heterocycles. The van der Waals surface area contributed by atoms with Crippen molar-refractivity contribution in [2.24, 2.45) is 0 Å². The second-order valence-electron chi connectivity index (χ2n) is 3.09. The molecule has 0 N–H and O–H groups in total. The van der Waals surface area contributed by atoms with Gasteiger partial charge in [0.2, 0.25) is 0 Å². The molecule has 0 radical (unpaired) electrons. The number of alkyl halides is 1. The summed E-state index contributed by atoms with van der Waals surface area (Å²) in [6, 6.07) is 7.20. The number of hydrogen-bond donors (Lipinski definition) is 0. The standard InChI is InChI=1S/C11H10ClNO/c1-7-4-3-5-9(10(7)6-13)11(14)8(2)12/h3-5,8H,1-2H3. The van der Waals surface area contributed by atoms with Gasteiger partial charge in [-0.1, -0.05) is 12.1 Å². The van der Waals surface area contributed by atoms with Gasteiger partial charge in [-0.3, -0.25) is 4.79 Å². The smallest absolute Gasteiger partial charge is 0.181 e. The summed E-state index contributed by atoms with van der Waals surface area (Å²) in [5, 5.41) is 8.29. The monoisotopic (exact) mass is 207 g/mol. The van der Waals surface area contributed by atoms with Crippen LogP contribution in [0.25, 0.3) is 0 Å². The molecule has 72 valence electrons. The molecule has 0 fully saturated rings. The van der Waals surface area contributed by atoms with E-state index in [1.54, 1.807) is 32.0 Å². The molecule has 1 aromatic rings. The Bertz CT molecular complexity index is 404. The van der Waals surface area contributed by atoms with Crippen molar-refractivity contribution in [2.75, 3.05) is 0 Å². The largest absolute Gasteiger partial charge is 0.292 e. The number of Topliss-reactive ketones (excluding diaryl/α,β-unsaturated/α-hetero) is 1. The Kier molecular flexibility index (Phi) is 3.27. The van der Waals surface area contributed by atoms with E-state index in [-0.39, 0.29) is 5.78 Å². The molecule has 1 rings (SSSR count). The lowest BCUT2D eigenvalue weighted by Gasteiger charge is -2.06. The number of carbonyl (C=O) groups is 1. The fourth-order valence-electron chi connectivity index (χ4n) is 1.24. The summed E-state index contributed by atoms with van der Waals surface area (Å²) in [6.45, 7) is 3.40. The van der Waals surface area contributed by atoms with Gasteiger partial charge in [-0.15, -0.1) is 11.6 Å². The van der Waals surface area contributed by atoms with Gasteiger partial charge in [0.15, 0.2) is 5.78 Å². The summed E-state index contributed by atoms with van der Waals surface area (Å²) >= 11 is 5.69. The van der Waals surface area contributed by atoms with Gasteiger partial charge in [0.25, 0.3) is 0 Å². The van der Waals surface area contributed by atoms with Crippen LogP contribution in [0.1, 0.15) is 28.4 Å². The van der Waals surface area contributed by atoms with Crippen LogP contribution in [0.3, 0.4) is 0 Å². The Morgan fingerprint density at radius 2 is 2.21 bits per heavy atom. The van der Waals surface area contributed by atoms with Crippen LogP contribution in [0, 0.1) is 18.3 Å². The summed E-state index contributed by atoms with van der Waals surface area (Å²) in [5.74, 6) is -0.202. The third-order valence-electron chi connectivity index (χ3n) is 2.01. The van der Waals surface area contributed by atoms with Gasteiger partial charge >= 0.3 is 0 Å². The first kappa shape index (κ1) is 10.7. The Labute approximate surface area is 88.1 Å². The van der Waals surface area contributed by atoms with Gasteiger partial charge in [-0.2, -0.15) is 5.26 Å². The Morgan fingerprint density at radius 3 is 2.71 bits per heavy atom. The zero-order valence-corrected chi connectivity index (χ0v) is 8.80. The third-order valence-corrected chi connectivity index (χ3v) is 2.21. The molecule has 0 bridgehead atoms. The van der Waals surface area contributed by atoms with Gasteiger partial charge in [-0.25, -0.2) is 0 Å². The van der Waals surface area contributed by atoms with E-state index in [1.807, 2.05) is 6.07 Å². The molecule has 0 amide bonds. The maximum atomic E-state index is 11.6. The highest BCUT2D eigenvalue weighted by atomic mass is 35.5. The second kappa shape index (κ2) is 4.26. The Morgan fingerprint density at radius 1 is 1.57 bits per heavy atom. The third kappa shape index (κ3) is 1.94. The molecule has 0 saturated carbocycles. The lowest BCUT2D eigenvalue weighted by atomic mass is 9.99. The SMILES string of the molecule is Cc1cccc(C(=O)C(C)Cl)c1C#N. The van der Waals surface area contributed by atoms with Crippen molar-refractivity contribution in [3.05, 3.63) is 34.9 Å². The molecule has 14 heavy (non-hydrogen) atoms. The van der Waals surface area contributed by atoms with Crippen molar-refractivity contribution in [2.45, 2.75) is 19.2 Å². The maximum Gasteiger partial charge on any atom is 0.181 e. The fourth-order valence-corrected chi connectivity index (χ4v) is 1.35. The molecule has 3 heteroatoms. The highest BCUT2D eigenvalue weighted by Gasteiger charge is 2.16. The van der Waals surface area contributed by atoms with E-state index in [2.05, 4.69) is 0 Å². The zero-order chi connectivity index (χ0) is 10.7. The predicted molar refractivity (Wildman–Crippen MR) is 55.5 cm³/mol. The van der Waals surface area contributed by atoms with Crippen LogP contribution in [0.4, 0.5) is 0 Å². The van der Waals surface area contributed by atoms with E-state index in [0.29, 0.717) is 11.1 Å². The molecule has 0 heterocycles. The quantitative estimate of drug-likeness (QED) is 0.553. The molecule has 0 aliphatic carbocycles. The van der Waals surface area contributed by atoms with Gasteiger partial charge in [-0.05, 0) is 25.5 Å². The van der Waals surface area contributed by atoms with Crippen molar-refractivity contribution < 1.29 is 4.79 Å². The van der Waals surface area contributed by atoms with E-state index in [1.165, 1.54) is 0 Å². The van der Waals surface area contributed by atoms with Gasteiger partial charge in [0.05, 0.1) is 10.9 Å². The first-order valence-corrected chi connectivity index (χ1v) is 4.69. The Balaban J connectivity index is 3.29. The average Bonchev–Trinajstić information content (AvgIpc) is 2.16. The van der Waals surface area contributed by atoms with Gasteiger partial charge in [0.1, 0.15) is 6.07 Å². The number of nitrogens with zero attached hydrogens (tertiary/aromatic N) is 1. The number of nitriles is 1. The molecule has 0 spiro atoms. The van der Waals surface area contributed by atoms with Crippen LogP contribution in [-0.2, 0) is 0 Å². The molecule has 0 aliphatic heterocycles. The summed E-state index contributed by atoms with van der Waals surface area (Å²) in [6.07, 6.45) is 0. The number of carbonyl (C=O) groups excluding carboxylic acids is 1. The number of aryl methyl sites for hydroxylation is 1. The summed E-state index contributed by atoms with van der Waals surface area (Å²) < 4.78 is 0. The molecule has 0 saturated heterocycles. The minimum absolute atomic E-state index is 0.202. The maximum absolute atomic E-state index is 11.6. The van der Waals surface area contributed by atoms with Crippen molar-refractivity contribution >= 4 is 17.4 Å². The normalized spacial score (nSPS) is 11.9. The van der Waals surface area contributed by atoms with Crippen molar-refractivity contribution in [1.29, 1.82) is 5.26 Å². The number of ketones is 1. The van der Waals surface area contributed by atoms with Crippen molar-refractivity contribution in [1.82, 2.24) is 0 Å². The molecular formula is C11H10ClNO.